The molecule has 4 rings (SSSR count). The maximum absolute atomic E-state index is 13.0. The van der Waals surface area contributed by atoms with E-state index in [0.717, 1.165) is 17.5 Å². The second-order valence-corrected chi connectivity index (χ2v) is 8.40. The van der Waals surface area contributed by atoms with E-state index in [1.165, 1.54) is 0 Å². The minimum absolute atomic E-state index is 0.0313. The number of Topliss-reactive ketones (excluding diaryl/α,β-unsaturated/α-hetero) is 2. The Morgan fingerprint density at radius 2 is 1.81 bits per heavy atom. The molecule has 31 heavy (non-hydrogen) atoms. The van der Waals surface area contributed by atoms with Gasteiger partial charge in [-0.15, -0.1) is 0 Å². The maximum atomic E-state index is 13.0. The molecule has 6 nitrogen and oxygen atoms in total. The van der Waals surface area contributed by atoms with Crippen LogP contribution in [0.15, 0.2) is 42.5 Å². The molecule has 2 aliphatic rings. The number of anilines is 1. The quantitative estimate of drug-likeness (QED) is 0.815. The predicted octanol–water partition coefficient (Wildman–Crippen LogP) is 4.06. The second-order valence-electron chi connectivity index (χ2n) is 8.40. The van der Waals surface area contributed by atoms with Gasteiger partial charge in [0.2, 0.25) is 0 Å². The molecule has 2 aromatic carbocycles. The van der Waals surface area contributed by atoms with Crippen LogP contribution in [0.4, 0.5) is 5.69 Å². The van der Waals surface area contributed by atoms with E-state index in [2.05, 4.69) is 5.32 Å². The molecule has 1 aliphatic heterocycles. The lowest BCUT2D eigenvalue weighted by Gasteiger charge is -2.26. The summed E-state index contributed by atoms with van der Waals surface area (Å²) in [5.41, 5.74) is 3.51. The van der Waals surface area contributed by atoms with E-state index in [0.29, 0.717) is 55.5 Å². The van der Waals surface area contributed by atoms with Gasteiger partial charge in [-0.25, -0.2) is 0 Å². The number of benzene rings is 2. The van der Waals surface area contributed by atoms with Gasteiger partial charge >= 0.3 is 0 Å². The van der Waals surface area contributed by atoms with Crippen molar-refractivity contribution in [2.24, 2.45) is 0 Å². The van der Waals surface area contributed by atoms with E-state index in [-0.39, 0.29) is 23.4 Å². The Labute approximate surface area is 181 Å². The van der Waals surface area contributed by atoms with Gasteiger partial charge in [-0.05, 0) is 62.1 Å². The standard InChI is InChI=1S/C25H26N2O4/c1-16-5-4-6-17(13-16)24(30)26-19-9-11-21-18(14-19)15-27(25(21)31)22-12-10-20(28)7-2-3-8-23(22)29/h4-6,9,11,13-14,22H,2-3,7-8,10,12,15H2,1H3,(H,26,30). The number of rotatable bonds is 3. The molecule has 2 aromatic rings. The van der Waals surface area contributed by atoms with Crippen LogP contribution in [0.5, 0.6) is 0 Å². The molecular formula is C25H26N2O4. The van der Waals surface area contributed by atoms with Crippen molar-refractivity contribution in [1.29, 1.82) is 0 Å². The maximum Gasteiger partial charge on any atom is 0.255 e. The number of aryl methyl sites for hydroxylation is 1. The predicted molar refractivity (Wildman–Crippen MR) is 117 cm³/mol. The average molecular weight is 418 g/mol. The van der Waals surface area contributed by atoms with Gasteiger partial charge in [0, 0.05) is 42.6 Å². The van der Waals surface area contributed by atoms with Crippen molar-refractivity contribution in [1.82, 2.24) is 4.90 Å². The minimum Gasteiger partial charge on any atom is -0.324 e. The average Bonchev–Trinajstić information content (AvgIpc) is 3.09. The van der Waals surface area contributed by atoms with Crippen LogP contribution < -0.4 is 5.32 Å². The first kappa shape index (κ1) is 21.0. The molecule has 0 saturated heterocycles. The molecule has 1 unspecified atom stereocenters. The van der Waals surface area contributed by atoms with Crippen LogP contribution in [0.1, 0.15) is 70.4 Å². The molecule has 1 heterocycles. The lowest BCUT2D eigenvalue weighted by atomic mass is 10.0. The second kappa shape index (κ2) is 8.84. The molecule has 0 bridgehead atoms. The Morgan fingerprint density at radius 3 is 2.61 bits per heavy atom. The van der Waals surface area contributed by atoms with Crippen molar-refractivity contribution in [3.8, 4) is 0 Å². The number of hydrogen-bond acceptors (Lipinski definition) is 4. The molecule has 1 N–H and O–H groups in total. The normalized spacial score (nSPS) is 19.5. The van der Waals surface area contributed by atoms with Gasteiger partial charge in [-0.1, -0.05) is 17.7 Å². The van der Waals surface area contributed by atoms with Gasteiger partial charge in [0.1, 0.15) is 5.78 Å². The highest BCUT2D eigenvalue weighted by Gasteiger charge is 2.36. The van der Waals surface area contributed by atoms with Crippen LogP contribution >= 0.6 is 0 Å². The molecule has 0 radical (unpaired) electrons. The lowest BCUT2D eigenvalue weighted by molar-refractivity contribution is -0.124. The van der Waals surface area contributed by atoms with Crippen LogP contribution in [-0.4, -0.2) is 34.3 Å². The molecule has 160 valence electrons. The van der Waals surface area contributed by atoms with Gasteiger partial charge < -0.3 is 10.2 Å². The van der Waals surface area contributed by atoms with Crippen LogP contribution in [0.2, 0.25) is 0 Å². The van der Waals surface area contributed by atoms with Gasteiger partial charge in [0.25, 0.3) is 11.8 Å². The van der Waals surface area contributed by atoms with Crippen molar-refractivity contribution in [2.75, 3.05) is 5.32 Å². The summed E-state index contributed by atoms with van der Waals surface area (Å²) in [6.07, 6.45) is 3.04. The Bertz CT molecular complexity index is 1060. The monoisotopic (exact) mass is 418 g/mol. The third-order valence-electron chi connectivity index (χ3n) is 6.05. The van der Waals surface area contributed by atoms with Crippen LogP contribution in [-0.2, 0) is 16.1 Å². The van der Waals surface area contributed by atoms with Crippen LogP contribution in [0.3, 0.4) is 0 Å². The Hall–Kier alpha value is -3.28. The van der Waals surface area contributed by atoms with Gasteiger partial charge in [-0.2, -0.15) is 0 Å². The number of amides is 2. The highest BCUT2D eigenvalue weighted by atomic mass is 16.2. The molecule has 1 atom stereocenters. The smallest absolute Gasteiger partial charge is 0.255 e. The van der Waals surface area contributed by atoms with Crippen molar-refractivity contribution in [2.45, 2.75) is 58.0 Å². The fourth-order valence-corrected chi connectivity index (χ4v) is 4.36. The molecule has 6 heteroatoms. The van der Waals surface area contributed by atoms with Crippen molar-refractivity contribution >= 4 is 29.1 Å². The van der Waals surface area contributed by atoms with Crippen LogP contribution in [0.25, 0.3) is 0 Å². The van der Waals surface area contributed by atoms with Gasteiger partial charge in [-0.3, -0.25) is 19.2 Å². The fourth-order valence-electron chi connectivity index (χ4n) is 4.36. The van der Waals surface area contributed by atoms with Crippen LogP contribution in [0, 0.1) is 6.92 Å². The van der Waals surface area contributed by atoms with E-state index >= 15 is 0 Å². The zero-order valence-corrected chi connectivity index (χ0v) is 17.6. The zero-order chi connectivity index (χ0) is 22.0. The number of hydrogen-bond donors (Lipinski definition) is 1. The molecule has 0 spiro atoms. The summed E-state index contributed by atoms with van der Waals surface area (Å²) in [6, 6.07) is 12.0. The number of fused-ring (bicyclic) bond motifs is 1. The van der Waals surface area contributed by atoms with E-state index in [4.69, 9.17) is 0 Å². The van der Waals surface area contributed by atoms with Crippen molar-refractivity contribution in [3.05, 3.63) is 64.7 Å². The molecule has 1 saturated carbocycles. The highest BCUT2D eigenvalue weighted by Crippen LogP contribution is 2.30. The molecule has 0 aromatic heterocycles. The SMILES string of the molecule is Cc1cccc(C(=O)Nc2ccc3c(c2)CN(C2CCC(=O)CCCCC2=O)C3=O)c1. The molecule has 1 fully saturated rings. The summed E-state index contributed by atoms with van der Waals surface area (Å²) >= 11 is 0. The minimum atomic E-state index is -0.563. The van der Waals surface area contributed by atoms with E-state index in [9.17, 15) is 19.2 Å². The summed E-state index contributed by atoms with van der Waals surface area (Å²) in [5.74, 6) is -0.208. The summed E-state index contributed by atoms with van der Waals surface area (Å²) in [4.78, 5) is 51.9. The summed E-state index contributed by atoms with van der Waals surface area (Å²) in [7, 11) is 0. The number of carbonyl (C=O) groups is 4. The van der Waals surface area contributed by atoms with Gasteiger partial charge in [0.15, 0.2) is 5.78 Å². The summed E-state index contributed by atoms with van der Waals surface area (Å²) in [5, 5.41) is 2.89. The lowest BCUT2D eigenvalue weighted by Crippen LogP contribution is -2.41. The Morgan fingerprint density at radius 1 is 1.00 bits per heavy atom. The molecule has 1 aliphatic carbocycles. The molecular weight excluding hydrogens is 392 g/mol. The highest BCUT2D eigenvalue weighted by molar-refractivity contribution is 6.06. The topological polar surface area (TPSA) is 83.6 Å². The third kappa shape index (κ3) is 4.58. The Kier molecular flexibility index (Phi) is 5.98. The molecule has 2 amide bonds. The third-order valence-corrected chi connectivity index (χ3v) is 6.05. The first-order chi connectivity index (χ1) is 14.9. The Balaban J connectivity index is 1.51. The first-order valence-electron chi connectivity index (χ1n) is 10.8. The number of nitrogens with zero attached hydrogens (tertiary/aromatic N) is 1. The number of ketones is 2. The van der Waals surface area contributed by atoms with E-state index in [1.54, 1.807) is 29.2 Å². The largest absolute Gasteiger partial charge is 0.324 e. The fraction of sp³-hybridized carbons (Fsp3) is 0.360. The zero-order valence-electron chi connectivity index (χ0n) is 17.6. The van der Waals surface area contributed by atoms with Gasteiger partial charge in [0.05, 0.1) is 6.04 Å². The van der Waals surface area contributed by atoms with Crippen molar-refractivity contribution in [3.63, 3.8) is 0 Å². The van der Waals surface area contributed by atoms with Crippen molar-refractivity contribution < 1.29 is 19.2 Å². The summed E-state index contributed by atoms with van der Waals surface area (Å²) < 4.78 is 0. The van der Waals surface area contributed by atoms with E-state index in [1.807, 2.05) is 25.1 Å². The number of carbonyl (C=O) groups excluding carboxylic acids is 4. The number of nitrogens with one attached hydrogen (secondary N) is 1. The first-order valence-corrected chi connectivity index (χ1v) is 10.8. The van der Waals surface area contributed by atoms with E-state index < -0.39 is 6.04 Å². The summed E-state index contributed by atoms with van der Waals surface area (Å²) in [6.45, 7) is 2.24.